The van der Waals surface area contributed by atoms with Gasteiger partial charge in [-0.1, -0.05) is 0 Å². The summed E-state index contributed by atoms with van der Waals surface area (Å²) >= 11 is 1.70. The van der Waals surface area contributed by atoms with E-state index < -0.39 is 0 Å². The minimum atomic E-state index is 0.422. The van der Waals surface area contributed by atoms with Crippen LogP contribution in [0.5, 0.6) is 0 Å². The van der Waals surface area contributed by atoms with Gasteiger partial charge in [-0.2, -0.15) is 0 Å². The van der Waals surface area contributed by atoms with E-state index in [1.54, 1.807) is 11.8 Å². The first-order chi connectivity index (χ1) is 11.7. The topological polar surface area (TPSA) is 84.8 Å². The number of aliphatic imine (C=N–C) groups is 1. The van der Waals surface area contributed by atoms with Crippen LogP contribution in [0.2, 0.25) is 0 Å². The number of nitrogens with zero attached hydrogens (tertiary/aromatic N) is 2. The fraction of sp³-hybridized carbons (Fsp3) is 0.750. The van der Waals surface area contributed by atoms with Gasteiger partial charge in [0.25, 0.3) is 0 Å². The Kier molecular flexibility index (Phi) is 10.7. The number of hydrogen-bond acceptors (Lipinski definition) is 7. The molecule has 1 rings (SSSR count). The number of hydrogen-bond donors (Lipinski definition) is 4. The van der Waals surface area contributed by atoms with Gasteiger partial charge < -0.3 is 25.6 Å². The van der Waals surface area contributed by atoms with Crippen LogP contribution < -0.4 is 16.0 Å². The Balaban J connectivity index is 2.63. The minimum absolute atomic E-state index is 0.422. The highest BCUT2D eigenvalue weighted by Crippen LogP contribution is 2.21. The van der Waals surface area contributed by atoms with Gasteiger partial charge in [0.15, 0.2) is 0 Å². The molecule has 1 atom stereocenters. The van der Waals surface area contributed by atoms with Crippen LogP contribution in [0, 0.1) is 5.41 Å². The third-order valence-electron chi connectivity index (χ3n) is 4.02. The first-order valence-electron chi connectivity index (χ1n) is 8.42. The molecule has 0 aromatic carbocycles. The van der Waals surface area contributed by atoms with E-state index in [-0.39, 0.29) is 0 Å². The molecule has 0 radical (unpaired) electrons. The molecule has 1 aliphatic heterocycles. The summed E-state index contributed by atoms with van der Waals surface area (Å²) in [5.74, 6) is 1.38. The molecule has 1 aliphatic rings. The molecule has 0 aliphatic carbocycles. The lowest BCUT2D eigenvalue weighted by Gasteiger charge is -2.29. The Morgan fingerprint density at radius 3 is 2.54 bits per heavy atom. The molecular weight excluding hydrogens is 324 g/mol. The van der Waals surface area contributed by atoms with Gasteiger partial charge in [0.05, 0.1) is 18.2 Å². The van der Waals surface area contributed by atoms with Crippen LogP contribution in [0.4, 0.5) is 0 Å². The SMILES string of the molecule is C=N/C(C(=N)N1CCOCC1)=C(/NC)SCCC(CCNC)NC. The standard InChI is InChI=1S/C16H32N6OS/c1-18-7-5-13(19-2)6-12-24-16(21-4)14(20-3)15(17)22-8-10-23-11-9-22/h13,17-19,21H,3,5-12H2,1-2,4H3/b16-14-,17-15?. The van der Waals surface area contributed by atoms with Crippen molar-refractivity contribution in [3.05, 3.63) is 10.7 Å². The van der Waals surface area contributed by atoms with Crippen LogP contribution in [-0.4, -0.2) is 83.2 Å². The van der Waals surface area contributed by atoms with Crippen LogP contribution in [0.1, 0.15) is 12.8 Å². The van der Waals surface area contributed by atoms with Crippen molar-refractivity contribution in [2.75, 3.05) is 59.7 Å². The fourth-order valence-electron chi connectivity index (χ4n) is 2.50. The maximum atomic E-state index is 8.43. The van der Waals surface area contributed by atoms with Crippen molar-refractivity contribution in [2.45, 2.75) is 18.9 Å². The molecule has 7 nitrogen and oxygen atoms in total. The molecular formula is C16H32N6OS. The molecule has 8 heteroatoms. The number of amidine groups is 1. The molecule has 138 valence electrons. The van der Waals surface area contributed by atoms with Crippen molar-refractivity contribution >= 4 is 24.3 Å². The van der Waals surface area contributed by atoms with E-state index in [4.69, 9.17) is 10.1 Å². The number of ether oxygens (including phenoxy) is 1. The molecule has 1 heterocycles. The predicted octanol–water partition coefficient (Wildman–Crippen LogP) is 0.706. The second-order valence-corrected chi connectivity index (χ2v) is 6.65. The van der Waals surface area contributed by atoms with E-state index in [1.165, 1.54) is 0 Å². The van der Waals surface area contributed by atoms with Gasteiger partial charge in [-0.25, -0.2) is 0 Å². The molecule has 0 bridgehead atoms. The first kappa shape index (κ1) is 21.0. The van der Waals surface area contributed by atoms with Crippen molar-refractivity contribution in [1.29, 1.82) is 5.41 Å². The van der Waals surface area contributed by atoms with Crippen LogP contribution >= 0.6 is 11.8 Å². The molecule has 1 saturated heterocycles. The molecule has 0 saturated carbocycles. The van der Waals surface area contributed by atoms with E-state index >= 15 is 0 Å². The second kappa shape index (κ2) is 12.3. The predicted molar refractivity (Wildman–Crippen MR) is 104 cm³/mol. The Bertz CT molecular complexity index is 423. The van der Waals surface area contributed by atoms with Gasteiger partial charge in [0.1, 0.15) is 11.5 Å². The first-order valence-corrected chi connectivity index (χ1v) is 9.41. The summed E-state index contributed by atoms with van der Waals surface area (Å²) in [6.07, 6.45) is 2.16. The lowest BCUT2D eigenvalue weighted by molar-refractivity contribution is 0.0678. The summed E-state index contributed by atoms with van der Waals surface area (Å²) in [6.45, 7) is 7.44. The summed E-state index contributed by atoms with van der Waals surface area (Å²) in [6, 6.07) is 0.488. The minimum Gasteiger partial charge on any atom is -0.381 e. The largest absolute Gasteiger partial charge is 0.381 e. The summed E-state index contributed by atoms with van der Waals surface area (Å²) in [7, 11) is 5.85. The van der Waals surface area contributed by atoms with Crippen molar-refractivity contribution in [3.63, 3.8) is 0 Å². The maximum absolute atomic E-state index is 8.43. The number of morpholine rings is 1. The van der Waals surface area contributed by atoms with E-state index in [9.17, 15) is 0 Å². The Hall–Kier alpha value is -1.09. The maximum Gasteiger partial charge on any atom is 0.149 e. The molecule has 0 aromatic heterocycles. The van der Waals surface area contributed by atoms with Gasteiger partial charge in [-0.15, -0.1) is 11.8 Å². The van der Waals surface area contributed by atoms with E-state index in [1.807, 2.05) is 26.0 Å². The summed E-state index contributed by atoms with van der Waals surface area (Å²) in [4.78, 5) is 6.11. The lowest BCUT2D eigenvalue weighted by Crippen LogP contribution is -2.41. The molecule has 0 amide bonds. The highest BCUT2D eigenvalue weighted by Gasteiger charge is 2.20. The van der Waals surface area contributed by atoms with Gasteiger partial charge in [-0.05, 0) is 40.2 Å². The highest BCUT2D eigenvalue weighted by molar-refractivity contribution is 8.03. The molecule has 0 spiro atoms. The monoisotopic (exact) mass is 356 g/mol. The van der Waals surface area contributed by atoms with E-state index in [0.717, 1.165) is 43.3 Å². The average Bonchev–Trinajstić information content (AvgIpc) is 2.64. The van der Waals surface area contributed by atoms with Crippen molar-refractivity contribution in [1.82, 2.24) is 20.9 Å². The van der Waals surface area contributed by atoms with E-state index in [0.29, 0.717) is 30.8 Å². The van der Waals surface area contributed by atoms with Gasteiger partial charge in [0.2, 0.25) is 0 Å². The Labute approximate surface area is 150 Å². The third-order valence-corrected chi connectivity index (χ3v) is 5.14. The third kappa shape index (κ3) is 6.80. The zero-order valence-electron chi connectivity index (χ0n) is 15.2. The van der Waals surface area contributed by atoms with Crippen LogP contribution in [-0.2, 0) is 4.74 Å². The number of thioether (sulfide) groups is 1. The van der Waals surface area contributed by atoms with Gasteiger partial charge in [0, 0.05) is 31.9 Å². The molecule has 1 fully saturated rings. The second-order valence-electron chi connectivity index (χ2n) is 5.55. The van der Waals surface area contributed by atoms with Gasteiger partial charge >= 0.3 is 0 Å². The zero-order valence-corrected chi connectivity index (χ0v) is 16.0. The number of nitrogens with one attached hydrogen (secondary N) is 4. The van der Waals surface area contributed by atoms with Gasteiger partial charge in [-0.3, -0.25) is 10.4 Å². The summed E-state index contributed by atoms with van der Waals surface area (Å²) < 4.78 is 5.35. The van der Waals surface area contributed by atoms with Crippen molar-refractivity contribution < 1.29 is 4.74 Å². The van der Waals surface area contributed by atoms with E-state index in [2.05, 4.69) is 27.7 Å². The highest BCUT2D eigenvalue weighted by atomic mass is 32.2. The summed E-state index contributed by atoms with van der Waals surface area (Å²) in [5.41, 5.74) is 0.626. The lowest BCUT2D eigenvalue weighted by atomic mass is 10.1. The Morgan fingerprint density at radius 1 is 1.29 bits per heavy atom. The fourth-order valence-corrected chi connectivity index (χ4v) is 3.55. The quantitative estimate of drug-likeness (QED) is 0.322. The average molecular weight is 357 g/mol. The zero-order chi connectivity index (χ0) is 17.8. The Morgan fingerprint density at radius 2 is 2.00 bits per heavy atom. The van der Waals surface area contributed by atoms with Crippen LogP contribution in [0.15, 0.2) is 15.7 Å². The molecule has 0 aromatic rings. The van der Waals surface area contributed by atoms with Crippen LogP contribution in [0.25, 0.3) is 0 Å². The van der Waals surface area contributed by atoms with Crippen molar-refractivity contribution in [3.8, 4) is 0 Å². The normalized spacial score (nSPS) is 17.2. The number of rotatable bonds is 11. The van der Waals surface area contributed by atoms with Crippen LogP contribution in [0.3, 0.4) is 0 Å². The molecule has 4 N–H and O–H groups in total. The molecule has 1 unspecified atom stereocenters. The van der Waals surface area contributed by atoms with Crippen molar-refractivity contribution in [2.24, 2.45) is 4.99 Å². The molecule has 24 heavy (non-hydrogen) atoms. The smallest absolute Gasteiger partial charge is 0.149 e. The summed E-state index contributed by atoms with van der Waals surface area (Å²) in [5, 5.41) is 19.1.